The lowest BCUT2D eigenvalue weighted by Crippen LogP contribution is -2.37. The molecule has 128 valence electrons. The number of aliphatic hydroxyl groups is 2. The van der Waals surface area contributed by atoms with Gasteiger partial charge in [0.15, 0.2) is 0 Å². The topological polar surface area (TPSA) is 98.1 Å². The average Bonchev–Trinajstić information content (AvgIpc) is 2.51. The molecule has 1 aromatic carbocycles. The van der Waals surface area contributed by atoms with Crippen LogP contribution in [0.2, 0.25) is 0 Å². The third kappa shape index (κ3) is 3.68. The molecule has 0 spiro atoms. The highest BCUT2D eigenvalue weighted by atomic mass is 32.2. The third-order valence-corrected chi connectivity index (χ3v) is 5.81. The minimum absolute atomic E-state index is 0.181. The second-order valence-electron chi connectivity index (χ2n) is 6.62. The van der Waals surface area contributed by atoms with Crippen molar-refractivity contribution in [2.75, 3.05) is 18.0 Å². The first-order valence-electron chi connectivity index (χ1n) is 8.07. The first-order valence-corrected chi connectivity index (χ1v) is 9.51. The zero-order valence-corrected chi connectivity index (χ0v) is 13.7. The van der Waals surface area contributed by atoms with Crippen molar-refractivity contribution in [2.24, 2.45) is 5.92 Å². The first kappa shape index (κ1) is 16.7. The number of fused-ring (bicyclic) bond motifs is 1. The van der Waals surface area contributed by atoms with Crippen LogP contribution in [0, 0.1) is 5.92 Å². The van der Waals surface area contributed by atoms with Crippen molar-refractivity contribution in [2.45, 2.75) is 49.2 Å². The predicted octanol–water partition coefficient (Wildman–Crippen LogP) is 1.73. The highest BCUT2D eigenvalue weighted by molar-refractivity contribution is 7.85. The molecule has 6 nitrogen and oxygen atoms in total. The van der Waals surface area contributed by atoms with Gasteiger partial charge in [0.25, 0.3) is 10.1 Å². The zero-order valence-electron chi connectivity index (χ0n) is 12.9. The molecule has 1 aliphatic heterocycles. The van der Waals surface area contributed by atoms with Gasteiger partial charge in [-0.05, 0) is 56.2 Å². The highest BCUT2D eigenvalue weighted by Gasteiger charge is 2.28. The van der Waals surface area contributed by atoms with Gasteiger partial charge in [-0.2, -0.15) is 8.42 Å². The lowest BCUT2D eigenvalue weighted by Gasteiger charge is -2.37. The molecule has 1 atom stereocenters. The van der Waals surface area contributed by atoms with E-state index in [0.717, 1.165) is 44.5 Å². The van der Waals surface area contributed by atoms with E-state index in [0.29, 0.717) is 17.9 Å². The molecule has 3 rings (SSSR count). The molecule has 2 aliphatic rings. The Bertz CT molecular complexity index is 667. The van der Waals surface area contributed by atoms with Crippen molar-refractivity contribution in [3.63, 3.8) is 0 Å². The van der Waals surface area contributed by atoms with Gasteiger partial charge in [0.2, 0.25) is 0 Å². The molecule has 1 fully saturated rings. The summed E-state index contributed by atoms with van der Waals surface area (Å²) in [6.07, 6.45) is 3.27. The van der Waals surface area contributed by atoms with Gasteiger partial charge in [-0.25, -0.2) is 0 Å². The lowest BCUT2D eigenvalue weighted by molar-refractivity contribution is 0.109. The molecular formula is C16H23NO5S. The molecule has 1 saturated carbocycles. The largest absolute Gasteiger partial charge is 0.393 e. The van der Waals surface area contributed by atoms with Crippen molar-refractivity contribution in [3.8, 4) is 0 Å². The van der Waals surface area contributed by atoms with Crippen LogP contribution in [-0.4, -0.2) is 42.4 Å². The Morgan fingerprint density at radius 2 is 1.78 bits per heavy atom. The zero-order chi connectivity index (χ0) is 16.6. The number of hydrogen-bond acceptors (Lipinski definition) is 5. The van der Waals surface area contributed by atoms with Gasteiger partial charge in [-0.1, -0.05) is 0 Å². The maximum Gasteiger partial charge on any atom is 0.294 e. The Kier molecular flexibility index (Phi) is 4.64. The molecule has 0 saturated heterocycles. The molecule has 0 bridgehead atoms. The first-order chi connectivity index (χ1) is 10.8. The summed E-state index contributed by atoms with van der Waals surface area (Å²) < 4.78 is 31.8. The normalized spacial score (nSPS) is 28.5. The molecule has 1 unspecified atom stereocenters. The van der Waals surface area contributed by atoms with E-state index in [1.165, 1.54) is 12.1 Å². The summed E-state index contributed by atoms with van der Waals surface area (Å²) >= 11 is 0. The fraction of sp³-hybridized carbons (Fsp3) is 0.625. The van der Waals surface area contributed by atoms with Crippen LogP contribution in [0.3, 0.4) is 0 Å². The minimum atomic E-state index is -4.27. The maximum absolute atomic E-state index is 11.3. The maximum atomic E-state index is 11.3. The molecule has 3 N–H and O–H groups in total. The van der Waals surface area contributed by atoms with E-state index >= 15 is 0 Å². The van der Waals surface area contributed by atoms with E-state index in [9.17, 15) is 23.2 Å². The van der Waals surface area contributed by atoms with E-state index in [-0.39, 0.29) is 11.0 Å². The molecule has 0 amide bonds. The van der Waals surface area contributed by atoms with Gasteiger partial charge in [0.1, 0.15) is 0 Å². The summed E-state index contributed by atoms with van der Waals surface area (Å²) in [6.45, 7) is 1.57. The number of rotatable bonds is 3. The van der Waals surface area contributed by atoms with Gasteiger partial charge in [-0.3, -0.25) is 4.55 Å². The highest BCUT2D eigenvalue weighted by Crippen LogP contribution is 2.37. The number of anilines is 1. The van der Waals surface area contributed by atoms with E-state index < -0.39 is 16.2 Å². The van der Waals surface area contributed by atoms with E-state index in [2.05, 4.69) is 4.90 Å². The Morgan fingerprint density at radius 3 is 2.43 bits per heavy atom. The average molecular weight is 341 g/mol. The standard InChI is InChI=1S/C16H23NO5S/c18-12-3-1-11(2-4-12)10-17-8-7-16(19)14-9-13(23(20,21)22)5-6-15(14)17/h5-6,9,11-12,16,18-19H,1-4,7-8,10H2,(H,20,21,22). The summed E-state index contributed by atoms with van der Waals surface area (Å²) in [4.78, 5) is 2.00. The van der Waals surface area contributed by atoms with Crippen molar-refractivity contribution in [1.29, 1.82) is 0 Å². The SMILES string of the molecule is O=S(=O)(O)c1ccc2c(c1)C(O)CCN2CC1CCC(O)CC1. The smallest absolute Gasteiger partial charge is 0.294 e. The van der Waals surface area contributed by atoms with Gasteiger partial charge in [0.05, 0.1) is 17.1 Å². The molecule has 1 aromatic rings. The molecule has 0 aromatic heterocycles. The second-order valence-corrected chi connectivity index (χ2v) is 8.04. The van der Waals surface area contributed by atoms with Gasteiger partial charge < -0.3 is 15.1 Å². The number of nitrogens with zero attached hydrogens (tertiary/aromatic N) is 1. The van der Waals surface area contributed by atoms with E-state index in [1.54, 1.807) is 6.07 Å². The summed E-state index contributed by atoms with van der Waals surface area (Å²) in [6, 6.07) is 4.41. The monoisotopic (exact) mass is 341 g/mol. The molecule has 1 aliphatic carbocycles. The Labute approximate surface area is 136 Å². The van der Waals surface area contributed by atoms with Crippen molar-refractivity contribution >= 4 is 15.8 Å². The molecule has 0 radical (unpaired) electrons. The second kappa shape index (κ2) is 6.39. The van der Waals surface area contributed by atoms with Crippen LogP contribution >= 0.6 is 0 Å². The predicted molar refractivity (Wildman–Crippen MR) is 86.0 cm³/mol. The number of hydrogen-bond donors (Lipinski definition) is 3. The van der Waals surface area contributed by atoms with Crippen LogP contribution in [-0.2, 0) is 10.1 Å². The Balaban J connectivity index is 1.82. The molecule has 23 heavy (non-hydrogen) atoms. The van der Waals surface area contributed by atoms with Crippen LogP contribution in [0.4, 0.5) is 5.69 Å². The van der Waals surface area contributed by atoms with Crippen molar-refractivity contribution in [1.82, 2.24) is 0 Å². The van der Waals surface area contributed by atoms with Gasteiger partial charge in [-0.15, -0.1) is 0 Å². The van der Waals surface area contributed by atoms with Gasteiger partial charge >= 0.3 is 0 Å². The van der Waals surface area contributed by atoms with E-state index in [4.69, 9.17) is 0 Å². The Hall–Kier alpha value is -1.15. The summed E-state index contributed by atoms with van der Waals surface area (Å²) in [7, 11) is -4.27. The van der Waals surface area contributed by atoms with Gasteiger partial charge in [0, 0.05) is 24.3 Å². The summed E-state index contributed by atoms with van der Waals surface area (Å²) in [5.41, 5.74) is 1.39. The Morgan fingerprint density at radius 1 is 1.09 bits per heavy atom. The molecular weight excluding hydrogens is 318 g/mol. The lowest BCUT2D eigenvalue weighted by atomic mass is 9.86. The van der Waals surface area contributed by atoms with Crippen LogP contribution in [0.5, 0.6) is 0 Å². The fourth-order valence-electron chi connectivity index (χ4n) is 3.63. The minimum Gasteiger partial charge on any atom is -0.393 e. The summed E-state index contributed by atoms with van der Waals surface area (Å²) in [5.74, 6) is 0.503. The van der Waals surface area contributed by atoms with E-state index in [1.807, 2.05) is 0 Å². The fourth-order valence-corrected chi connectivity index (χ4v) is 4.15. The number of aliphatic hydroxyl groups excluding tert-OH is 2. The van der Waals surface area contributed by atoms with Crippen molar-refractivity contribution < 1.29 is 23.2 Å². The van der Waals surface area contributed by atoms with Crippen LogP contribution in [0.15, 0.2) is 23.1 Å². The van der Waals surface area contributed by atoms with Crippen molar-refractivity contribution in [3.05, 3.63) is 23.8 Å². The molecule has 7 heteroatoms. The van der Waals surface area contributed by atoms with Crippen LogP contribution in [0.25, 0.3) is 0 Å². The summed E-state index contributed by atoms with van der Waals surface area (Å²) in [5, 5.41) is 19.8. The quantitative estimate of drug-likeness (QED) is 0.724. The third-order valence-electron chi connectivity index (χ3n) is 4.96. The van der Waals surface area contributed by atoms with Crippen LogP contribution < -0.4 is 4.90 Å². The van der Waals surface area contributed by atoms with Crippen LogP contribution in [0.1, 0.15) is 43.8 Å². The molecule has 1 heterocycles. The number of benzene rings is 1.